The van der Waals surface area contributed by atoms with Crippen molar-refractivity contribution in [2.75, 3.05) is 11.9 Å². The lowest BCUT2D eigenvalue weighted by molar-refractivity contribution is -0.128. The molecule has 1 rings (SSSR count). The molecule has 62 valence electrons. The number of Topliss-reactive ketones (excluding diaryl/α,β-unsaturated/α-hetero) is 1. The minimum Gasteiger partial charge on any atom is -0.377 e. The maximum absolute atomic E-state index is 10.6. The van der Waals surface area contributed by atoms with E-state index < -0.39 is 5.78 Å². The number of para-hydroxylation sites is 1. The number of rotatable bonds is 4. The summed E-state index contributed by atoms with van der Waals surface area (Å²) in [5.74, 6) is -0.446. The van der Waals surface area contributed by atoms with Crippen LogP contribution in [0.5, 0.6) is 0 Å². The monoisotopic (exact) mass is 163 g/mol. The third kappa shape index (κ3) is 2.54. The van der Waals surface area contributed by atoms with Crippen molar-refractivity contribution >= 4 is 17.8 Å². The molecule has 0 radical (unpaired) electrons. The molecular formula is C9H9NO2. The third-order valence-electron chi connectivity index (χ3n) is 1.37. The number of benzene rings is 1. The number of carbonyl (C=O) groups excluding carboxylic acids is 2. The Morgan fingerprint density at radius 1 is 1.33 bits per heavy atom. The van der Waals surface area contributed by atoms with Crippen molar-refractivity contribution in [1.29, 1.82) is 0 Å². The van der Waals surface area contributed by atoms with Gasteiger partial charge in [-0.15, -0.1) is 0 Å². The number of nitrogens with one attached hydrogen (secondary N) is 1. The van der Waals surface area contributed by atoms with Gasteiger partial charge in [0.2, 0.25) is 5.78 Å². The molecule has 0 spiro atoms. The number of hydrogen-bond acceptors (Lipinski definition) is 3. The van der Waals surface area contributed by atoms with Gasteiger partial charge in [-0.05, 0) is 12.1 Å². The highest BCUT2D eigenvalue weighted by Crippen LogP contribution is 2.03. The van der Waals surface area contributed by atoms with E-state index in [2.05, 4.69) is 5.32 Å². The van der Waals surface area contributed by atoms with E-state index in [0.717, 1.165) is 5.69 Å². The Morgan fingerprint density at radius 2 is 2.00 bits per heavy atom. The number of ketones is 1. The van der Waals surface area contributed by atoms with Crippen molar-refractivity contribution in [3.63, 3.8) is 0 Å². The van der Waals surface area contributed by atoms with Crippen LogP contribution in [0, 0.1) is 0 Å². The third-order valence-corrected chi connectivity index (χ3v) is 1.37. The van der Waals surface area contributed by atoms with Crippen molar-refractivity contribution in [3.05, 3.63) is 30.3 Å². The molecule has 3 heteroatoms. The Balaban J connectivity index is 2.43. The van der Waals surface area contributed by atoms with Gasteiger partial charge in [0.1, 0.15) is 0 Å². The van der Waals surface area contributed by atoms with E-state index in [9.17, 15) is 9.59 Å². The Bertz CT molecular complexity index is 269. The summed E-state index contributed by atoms with van der Waals surface area (Å²) >= 11 is 0. The van der Waals surface area contributed by atoms with Gasteiger partial charge in [0.25, 0.3) is 0 Å². The molecule has 3 nitrogen and oxygen atoms in total. The highest BCUT2D eigenvalue weighted by Gasteiger charge is 1.96. The van der Waals surface area contributed by atoms with Crippen LogP contribution < -0.4 is 5.32 Å². The second-order valence-electron chi connectivity index (χ2n) is 2.30. The van der Waals surface area contributed by atoms with Crippen molar-refractivity contribution in [1.82, 2.24) is 0 Å². The summed E-state index contributed by atoms with van der Waals surface area (Å²) in [6.45, 7) is 0.0630. The number of aldehydes is 1. The molecule has 0 atom stereocenters. The molecule has 0 aliphatic rings. The molecule has 1 aromatic rings. The number of anilines is 1. The average molecular weight is 163 g/mol. The maximum atomic E-state index is 10.6. The normalized spacial score (nSPS) is 9.00. The molecule has 0 aromatic heterocycles. The summed E-state index contributed by atoms with van der Waals surface area (Å²) in [4.78, 5) is 20.5. The van der Waals surface area contributed by atoms with Crippen molar-refractivity contribution in [3.8, 4) is 0 Å². The van der Waals surface area contributed by atoms with Gasteiger partial charge in [0, 0.05) is 5.69 Å². The van der Waals surface area contributed by atoms with E-state index in [1.807, 2.05) is 30.3 Å². The topological polar surface area (TPSA) is 46.2 Å². The second-order valence-corrected chi connectivity index (χ2v) is 2.30. The molecule has 0 saturated heterocycles. The molecule has 0 bridgehead atoms. The standard InChI is InChI=1S/C9H9NO2/c11-7-9(12)6-10-8-4-2-1-3-5-8/h1-5,7,10H,6H2. The fourth-order valence-corrected chi connectivity index (χ4v) is 0.787. The summed E-state index contributed by atoms with van der Waals surface area (Å²) in [5, 5.41) is 2.81. The van der Waals surface area contributed by atoms with Crippen LogP contribution in [0.25, 0.3) is 0 Å². The zero-order valence-corrected chi connectivity index (χ0v) is 6.49. The zero-order valence-electron chi connectivity index (χ0n) is 6.49. The summed E-state index contributed by atoms with van der Waals surface area (Å²) in [7, 11) is 0. The molecule has 0 heterocycles. The Hall–Kier alpha value is -1.64. The largest absolute Gasteiger partial charge is 0.377 e. The lowest BCUT2D eigenvalue weighted by atomic mass is 10.3. The first-order valence-corrected chi connectivity index (χ1v) is 3.60. The van der Waals surface area contributed by atoms with Gasteiger partial charge >= 0.3 is 0 Å². The molecule has 1 aromatic carbocycles. The average Bonchev–Trinajstić information content (AvgIpc) is 2.16. The minimum absolute atomic E-state index is 0.0630. The van der Waals surface area contributed by atoms with Crippen molar-refractivity contribution < 1.29 is 9.59 Å². The fraction of sp³-hybridized carbons (Fsp3) is 0.111. The van der Waals surface area contributed by atoms with Gasteiger partial charge in [0.15, 0.2) is 6.29 Å². The maximum Gasteiger partial charge on any atom is 0.214 e. The molecule has 12 heavy (non-hydrogen) atoms. The van der Waals surface area contributed by atoms with E-state index in [1.54, 1.807) is 0 Å². The number of hydrogen-bond donors (Lipinski definition) is 1. The minimum atomic E-state index is -0.446. The van der Waals surface area contributed by atoms with Gasteiger partial charge < -0.3 is 5.32 Å². The summed E-state index contributed by atoms with van der Waals surface area (Å²) in [6, 6.07) is 9.25. The van der Waals surface area contributed by atoms with Crippen LogP contribution in [0.2, 0.25) is 0 Å². The van der Waals surface area contributed by atoms with Crippen LogP contribution in [0.4, 0.5) is 5.69 Å². The fourth-order valence-electron chi connectivity index (χ4n) is 0.787. The van der Waals surface area contributed by atoms with Crippen LogP contribution in [0.15, 0.2) is 30.3 Å². The summed E-state index contributed by atoms with van der Waals surface area (Å²) < 4.78 is 0. The second kappa shape index (κ2) is 4.28. The lowest BCUT2D eigenvalue weighted by Gasteiger charge is -2.00. The predicted molar refractivity (Wildman–Crippen MR) is 46.0 cm³/mol. The molecule has 0 amide bonds. The van der Waals surface area contributed by atoms with Crippen LogP contribution in [-0.4, -0.2) is 18.6 Å². The summed E-state index contributed by atoms with van der Waals surface area (Å²) in [5.41, 5.74) is 0.840. The SMILES string of the molecule is O=CC(=O)CNc1ccccc1. The smallest absolute Gasteiger partial charge is 0.214 e. The van der Waals surface area contributed by atoms with E-state index in [4.69, 9.17) is 0 Å². The van der Waals surface area contributed by atoms with E-state index in [1.165, 1.54) is 0 Å². The van der Waals surface area contributed by atoms with Crippen molar-refractivity contribution in [2.24, 2.45) is 0 Å². The Kier molecular flexibility index (Phi) is 3.02. The highest BCUT2D eigenvalue weighted by molar-refractivity contribution is 6.26. The first-order valence-electron chi connectivity index (χ1n) is 3.60. The molecular weight excluding hydrogens is 154 g/mol. The van der Waals surface area contributed by atoms with Gasteiger partial charge in [-0.1, -0.05) is 18.2 Å². The molecule has 0 fully saturated rings. The summed E-state index contributed by atoms with van der Waals surface area (Å²) in [6.07, 6.45) is 0.315. The van der Waals surface area contributed by atoms with E-state index in [0.29, 0.717) is 6.29 Å². The van der Waals surface area contributed by atoms with Crippen LogP contribution in [0.3, 0.4) is 0 Å². The molecule has 0 aliphatic carbocycles. The molecule has 1 N–H and O–H groups in total. The molecule has 0 aliphatic heterocycles. The Morgan fingerprint density at radius 3 is 2.58 bits per heavy atom. The number of carbonyl (C=O) groups is 2. The van der Waals surface area contributed by atoms with E-state index in [-0.39, 0.29) is 6.54 Å². The van der Waals surface area contributed by atoms with Crippen molar-refractivity contribution in [2.45, 2.75) is 0 Å². The highest BCUT2D eigenvalue weighted by atomic mass is 16.2. The van der Waals surface area contributed by atoms with Gasteiger partial charge in [-0.3, -0.25) is 9.59 Å². The quantitative estimate of drug-likeness (QED) is 0.529. The van der Waals surface area contributed by atoms with Gasteiger partial charge in [-0.25, -0.2) is 0 Å². The molecule has 0 unspecified atom stereocenters. The Labute approximate surface area is 70.4 Å². The van der Waals surface area contributed by atoms with Crippen LogP contribution in [-0.2, 0) is 9.59 Å². The van der Waals surface area contributed by atoms with Crippen LogP contribution >= 0.6 is 0 Å². The first-order chi connectivity index (χ1) is 5.83. The predicted octanol–water partition coefficient (Wildman–Crippen LogP) is 0.866. The van der Waals surface area contributed by atoms with Gasteiger partial charge in [0.05, 0.1) is 6.54 Å². The molecule has 0 saturated carbocycles. The lowest BCUT2D eigenvalue weighted by Crippen LogP contribution is -2.14. The first kappa shape index (κ1) is 8.46. The van der Waals surface area contributed by atoms with E-state index >= 15 is 0 Å². The van der Waals surface area contributed by atoms with Gasteiger partial charge in [-0.2, -0.15) is 0 Å². The zero-order chi connectivity index (χ0) is 8.81. The van der Waals surface area contributed by atoms with Crippen LogP contribution in [0.1, 0.15) is 0 Å².